The third kappa shape index (κ3) is 5.59. The summed E-state index contributed by atoms with van der Waals surface area (Å²) in [6.45, 7) is 3.41. The van der Waals surface area contributed by atoms with Crippen molar-refractivity contribution in [1.29, 1.82) is 0 Å². The summed E-state index contributed by atoms with van der Waals surface area (Å²) in [5.74, 6) is 1.31. The van der Waals surface area contributed by atoms with Gasteiger partial charge in [0.25, 0.3) is 5.56 Å². The summed E-state index contributed by atoms with van der Waals surface area (Å²) in [6, 6.07) is 5.51. The highest BCUT2D eigenvalue weighted by atomic mass is 32.1. The molecule has 2 aromatic rings. The number of ether oxygens (including phenoxy) is 2. The minimum absolute atomic E-state index is 0.0478. The zero-order valence-corrected chi connectivity index (χ0v) is 17.7. The van der Waals surface area contributed by atoms with Crippen molar-refractivity contribution in [3.63, 3.8) is 0 Å². The molecule has 0 saturated carbocycles. The lowest BCUT2D eigenvalue weighted by molar-refractivity contribution is -0.858. The first-order valence-corrected chi connectivity index (χ1v) is 10.3. The van der Waals surface area contributed by atoms with E-state index < -0.39 is 0 Å². The number of quaternary nitrogens is 1. The Hall–Kier alpha value is -2.36. The van der Waals surface area contributed by atoms with Crippen LogP contribution in [0.25, 0.3) is 10.9 Å². The number of H-pyrrole nitrogens is 1. The molecule has 0 atom stereocenters. The van der Waals surface area contributed by atoms with Crippen LogP contribution in [-0.4, -0.2) is 73.7 Å². The van der Waals surface area contributed by atoms with Gasteiger partial charge in [-0.2, -0.15) is 0 Å². The molecule has 0 fully saturated rings. The molecular formula is C20H29N4O4S+. The number of aromatic nitrogens is 1. The van der Waals surface area contributed by atoms with Crippen LogP contribution >= 0.6 is 12.2 Å². The molecule has 0 spiro atoms. The number of thiocarbonyl (C=S) groups is 1. The van der Waals surface area contributed by atoms with Gasteiger partial charge in [0.2, 0.25) is 0 Å². The smallest absolute Gasteiger partial charge is 0.253 e. The van der Waals surface area contributed by atoms with E-state index >= 15 is 0 Å². The Bertz CT molecular complexity index is 915. The van der Waals surface area contributed by atoms with Crippen LogP contribution in [0.4, 0.5) is 0 Å². The monoisotopic (exact) mass is 421 g/mol. The molecule has 29 heavy (non-hydrogen) atoms. The number of nitrogens with one attached hydrogen (secondary N) is 3. The van der Waals surface area contributed by atoms with Crippen LogP contribution in [0.3, 0.4) is 0 Å². The Kier molecular flexibility index (Phi) is 7.29. The van der Waals surface area contributed by atoms with Crippen LogP contribution in [0.15, 0.2) is 23.0 Å². The van der Waals surface area contributed by atoms with Gasteiger partial charge in [0, 0.05) is 36.5 Å². The highest BCUT2D eigenvalue weighted by molar-refractivity contribution is 7.80. The van der Waals surface area contributed by atoms with E-state index in [0.717, 1.165) is 24.9 Å². The van der Waals surface area contributed by atoms with Crippen LogP contribution in [0.1, 0.15) is 12.0 Å². The van der Waals surface area contributed by atoms with Gasteiger partial charge < -0.3 is 34.7 Å². The molecule has 0 bridgehead atoms. The van der Waals surface area contributed by atoms with Crippen molar-refractivity contribution in [1.82, 2.24) is 15.2 Å². The average molecular weight is 422 g/mol. The molecule has 0 amide bonds. The Morgan fingerprint density at radius 2 is 2.00 bits per heavy atom. The number of fused-ring (bicyclic) bond motifs is 2. The van der Waals surface area contributed by atoms with Gasteiger partial charge in [-0.3, -0.25) is 4.79 Å². The summed E-state index contributed by atoms with van der Waals surface area (Å²) in [6.07, 6.45) is 0.985. The number of hydrogen-bond donors (Lipinski definition) is 4. The van der Waals surface area contributed by atoms with Crippen molar-refractivity contribution in [2.45, 2.75) is 13.0 Å². The SMILES string of the molecule is C[NH+](C)CCCNC(=S)N(CCO)Cc1cc2cc3c(cc2[nH]c1=O)OCCO3. The van der Waals surface area contributed by atoms with Crippen LogP contribution in [0.5, 0.6) is 11.5 Å². The minimum Gasteiger partial charge on any atom is -0.486 e. The third-order valence-electron chi connectivity index (χ3n) is 4.73. The van der Waals surface area contributed by atoms with E-state index in [4.69, 9.17) is 21.7 Å². The molecule has 1 aromatic carbocycles. The van der Waals surface area contributed by atoms with Gasteiger partial charge in [-0.1, -0.05) is 0 Å². The van der Waals surface area contributed by atoms with Gasteiger partial charge in [0.1, 0.15) is 13.2 Å². The standard InChI is InChI=1S/C20H28N4O4S/c1-23(2)5-3-4-21-20(29)24(6-7-25)13-15-10-14-11-17-18(28-9-8-27-17)12-16(14)22-19(15)26/h10-12,25H,3-9,13H2,1-2H3,(H,21,29)(H,22,26)/p+1. The van der Waals surface area contributed by atoms with Gasteiger partial charge in [-0.15, -0.1) is 0 Å². The van der Waals surface area contributed by atoms with E-state index in [2.05, 4.69) is 24.4 Å². The molecule has 0 radical (unpaired) electrons. The van der Waals surface area contributed by atoms with Crippen molar-refractivity contribution < 1.29 is 19.5 Å². The topological polar surface area (TPSA) is 91.3 Å². The summed E-state index contributed by atoms with van der Waals surface area (Å²) in [5, 5.41) is 14.1. The molecule has 158 valence electrons. The number of aromatic amines is 1. The molecule has 1 aromatic heterocycles. The van der Waals surface area contributed by atoms with Crippen molar-refractivity contribution in [2.24, 2.45) is 0 Å². The van der Waals surface area contributed by atoms with Crippen LogP contribution in [0.2, 0.25) is 0 Å². The Balaban J connectivity index is 1.75. The van der Waals surface area contributed by atoms with Gasteiger partial charge >= 0.3 is 0 Å². The van der Waals surface area contributed by atoms with E-state index in [1.165, 1.54) is 4.90 Å². The third-order valence-corrected chi connectivity index (χ3v) is 5.13. The zero-order chi connectivity index (χ0) is 20.8. The van der Waals surface area contributed by atoms with E-state index in [-0.39, 0.29) is 12.2 Å². The highest BCUT2D eigenvalue weighted by Gasteiger charge is 2.16. The maximum atomic E-state index is 12.6. The van der Waals surface area contributed by atoms with Crippen molar-refractivity contribution in [3.05, 3.63) is 34.1 Å². The van der Waals surface area contributed by atoms with E-state index in [9.17, 15) is 9.90 Å². The number of benzene rings is 1. The van der Waals surface area contributed by atoms with Crippen LogP contribution in [0, 0.1) is 0 Å². The molecule has 0 aliphatic carbocycles. The number of aliphatic hydroxyl groups is 1. The molecular weight excluding hydrogens is 392 g/mol. The fraction of sp³-hybridized carbons (Fsp3) is 0.500. The first-order valence-electron chi connectivity index (χ1n) is 9.86. The van der Waals surface area contributed by atoms with Gasteiger partial charge in [0.05, 0.1) is 39.3 Å². The van der Waals surface area contributed by atoms with Crippen molar-refractivity contribution in [3.8, 4) is 11.5 Å². The summed E-state index contributed by atoms with van der Waals surface area (Å²) in [7, 11) is 4.22. The second-order valence-corrected chi connectivity index (χ2v) is 7.78. The zero-order valence-electron chi connectivity index (χ0n) is 16.9. The minimum atomic E-state index is -0.184. The summed E-state index contributed by atoms with van der Waals surface area (Å²) >= 11 is 5.49. The lowest BCUT2D eigenvalue weighted by Crippen LogP contribution is -3.05. The molecule has 3 rings (SSSR count). The molecule has 2 heterocycles. The fourth-order valence-corrected chi connectivity index (χ4v) is 3.49. The fourth-order valence-electron chi connectivity index (χ4n) is 3.23. The number of hydrogen-bond acceptors (Lipinski definition) is 5. The number of pyridine rings is 1. The summed E-state index contributed by atoms with van der Waals surface area (Å²) in [5.41, 5.74) is 1.09. The number of aliphatic hydroxyl groups excluding tert-OH is 1. The Labute approximate surface area is 175 Å². The molecule has 0 saturated heterocycles. The van der Waals surface area contributed by atoms with E-state index in [1.807, 2.05) is 17.0 Å². The second-order valence-electron chi connectivity index (χ2n) is 7.39. The first kappa shape index (κ1) is 21.4. The molecule has 1 aliphatic heterocycles. The average Bonchev–Trinajstić information content (AvgIpc) is 2.69. The summed E-state index contributed by atoms with van der Waals surface area (Å²) < 4.78 is 11.2. The lowest BCUT2D eigenvalue weighted by Gasteiger charge is -2.25. The molecule has 9 heteroatoms. The van der Waals surface area contributed by atoms with Gasteiger partial charge in [-0.25, -0.2) is 0 Å². The predicted octanol–water partition coefficient (Wildman–Crippen LogP) is -0.497. The normalized spacial score (nSPS) is 13.0. The number of nitrogens with zero attached hydrogens (tertiary/aromatic N) is 1. The van der Waals surface area contributed by atoms with Crippen LogP contribution < -0.4 is 25.2 Å². The largest absolute Gasteiger partial charge is 0.486 e. The Morgan fingerprint density at radius 1 is 1.28 bits per heavy atom. The maximum Gasteiger partial charge on any atom is 0.253 e. The van der Waals surface area contributed by atoms with E-state index in [0.29, 0.717) is 54.0 Å². The molecule has 1 aliphatic rings. The van der Waals surface area contributed by atoms with Gasteiger partial charge in [0.15, 0.2) is 16.6 Å². The van der Waals surface area contributed by atoms with Crippen LogP contribution in [-0.2, 0) is 6.54 Å². The molecule has 4 N–H and O–H groups in total. The quantitative estimate of drug-likeness (QED) is 0.338. The predicted molar refractivity (Wildman–Crippen MR) is 116 cm³/mol. The second kappa shape index (κ2) is 9.91. The molecule has 8 nitrogen and oxygen atoms in total. The first-order chi connectivity index (χ1) is 14.0. The molecule has 0 unspecified atom stereocenters. The Morgan fingerprint density at radius 3 is 2.69 bits per heavy atom. The lowest BCUT2D eigenvalue weighted by atomic mass is 10.1. The summed E-state index contributed by atoms with van der Waals surface area (Å²) in [4.78, 5) is 18.7. The van der Waals surface area contributed by atoms with E-state index in [1.54, 1.807) is 6.07 Å². The maximum absolute atomic E-state index is 12.6. The van der Waals surface area contributed by atoms with Crippen molar-refractivity contribution >= 4 is 28.2 Å². The highest BCUT2D eigenvalue weighted by Crippen LogP contribution is 2.33. The number of rotatable bonds is 8. The van der Waals surface area contributed by atoms with Gasteiger partial charge in [-0.05, 0) is 24.4 Å². The van der Waals surface area contributed by atoms with Crippen molar-refractivity contribution in [2.75, 3.05) is 53.6 Å².